The molecular weight excluding hydrogens is 94.1 g/mol. The molecule has 0 rings (SSSR count). The summed E-state index contributed by atoms with van der Waals surface area (Å²) in [4.78, 5) is 0. The van der Waals surface area contributed by atoms with Gasteiger partial charge in [0.2, 0.25) is 0 Å². The Morgan fingerprint density at radius 2 is 1.50 bits per heavy atom. The Hall–Kier alpha value is 0.310. The highest BCUT2D eigenvalue weighted by Crippen LogP contribution is 1.59. The first-order valence-corrected chi connectivity index (χ1v) is 3.35. The first kappa shape index (κ1) is 9.58. The number of hydrogen-bond acceptors (Lipinski definition) is 2. The summed E-state index contributed by atoms with van der Waals surface area (Å²) in [6.07, 6.45) is 3.07. The minimum absolute atomic E-state index is 1.25. The summed E-state index contributed by atoms with van der Waals surface area (Å²) in [6.45, 7) is 4.25. The second-order valence-electron chi connectivity index (χ2n) is 0.943. The summed E-state index contributed by atoms with van der Waals surface area (Å²) >= 11 is 1.25. The molecule has 0 amide bonds. The minimum Gasteiger partial charge on any atom is -0.278 e. The van der Waals surface area contributed by atoms with E-state index in [4.69, 9.17) is 5.14 Å². The van der Waals surface area contributed by atoms with Crippen LogP contribution >= 0.6 is 11.9 Å². The zero-order chi connectivity index (χ0) is 5.41. The normalized spacial score (nSPS) is 6.00. The van der Waals surface area contributed by atoms with Crippen molar-refractivity contribution in [1.29, 1.82) is 0 Å². The van der Waals surface area contributed by atoms with Crippen LogP contribution < -0.4 is 5.14 Å². The maximum Gasteiger partial charge on any atom is -0.00394 e. The van der Waals surface area contributed by atoms with Gasteiger partial charge in [0.15, 0.2) is 0 Å². The molecule has 0 aliphatic rings. The molecule has 40 valence electrons. The summed E-state index contributed by atoms with van der Waals surface area (Å²) in [6, 6.07) is 0. The maximum absolute atomic E-state index is 4.76. The van der Waals surface area contributed by atoms with Crippen LogP contribution in [0.1, 0.15) is 20.3 Å². The fourth-order valence-corrected chi connectivity index (χ4v) is 0. The second-order valence-corrected chi connectivity index (χ2v) is 1.41. The van der Waals surface area contributed by atoms with Crippen molar-refractivity contribution in [2.75, 3.05) is 6.26 Å². The summed E-state index contributed by atoms with van der Waals surface area (Å²) in [5, 5.41) is 4.76. The van der Waals surface area contributed by atoms with Crippen molar-refractivity contribution in [2.24, 2.45) is 5.14 Å². The van der Waals surface area contributed by atoms with Gasteiger partial charge in [0.1, 0.15) is 0 Å². The first-order chi connectivity index (χ1) is 2.83. The average Bonchev–Trinajstić information content (AvgIpc) is 1.39. The molecule has 0 aromatic rings. The van der Waals surface area contributed by atoms with Gasteiger partial charge in [-0.1, -0.05) is 32.2 Å². The van der Waals surface area contributed by atoms with Gasteiger partial charge in [-0.2, -0.15) is 0 Å². The topological polar surface area (TPSA) is 26.0 Å². The molecule has 6 heavy (non-hydrogen) atoms. The van der Waals surface area contributed by atoms with Crippen LogP contribution in [0, 0.1) is 0 Å². The van der Waals surface area contributed by atoms with E-state index in [0.29, 0.717) is 0 Å². The lowest BCUT2D eigenvalue weighted by atomic mass is 10.6. The highest BCUT2D eigenvalue weighted by Gasteiger charge is 1.35. The molecule has 0 spiro atoms. The van der Waals surface area contributed by atoms with E-state index < -0.39 is 0 Å². The predicted molar refractivity (Wildman–Crippen MR) is 33.7 cm³/mol. The molecule has 0 aromatic carbocycles. The first-order valence-electron chi connectivity index (χ1n) is 2.06. The standard InChI is InChI=1S/C3H8.CH5NS/c2*1-3-2/h3H2,1-2H3;2H2,1H3. The molecule has 0 aliphatic heterocycles. The van der Waals surface area contributed by atoms with E-state index in [9.17, 15) is 0 Å². The Morgan fingerprint density at radius 3 is 1.50 bits per heavy atom. The van der Waals surface area contributed by atoms with E-state index in [0.717, 1.165) is 0 Å². The fourth-order valence-electron chi connectivity index (χ4n) is 0. The third-order valence-electron chi connectivity index (χ3n) is 0. The lowest BCUT2D eigenvalue weighted by Gasteiger charge is -1.54. The third-order valence-corrected chi connectivity index (χ3v) is 0. The molecule has 0 radical (unpaired) electrons. The Kier molecular flexibility index (Phi) is 29.5. The van der Waals surface area contributed by atoms with Crippen LogP contribution in [0.2, 0.25) is 0 Å². The van der Waals surface area contributed by atoms with Crippen LogP contribution in [0.5, 0.6) is 0 Å². The van der Waals surface area contributed by atoms with E-state index in [1.165, 1.54) is 18.4 Å². The molecule has 2 N–H and O–H groups in total. The molecule has 0 atom stereocenters. The van der Waals surface area contributed by atoms with Crippen molar-refractivity contribution in [2.45, 2.75) is 20.3 Å². The van der Waals surface area contributed by atoms with Gasteiger partial charge < -0.3 is 0 Å². The molecular formula is C4H13NS. The van der Waals surface area contributed by atoms with Gasteiger partial charge in [-0.25, -0.2) is 0 Å². The van der Waals surface area contributed by atoms with Crippen molar-refractivity contribution < 1.29 is 0 Å². The maximum atomic E-state index is 4.76. The smallest absolute Gasteiger partial charge is 0.00394 e. The van der Waals surface area contributed by atoms with Gasteiger partial charge >= 0.3 is 0 Å². The quantitative estimate of drug-likeness (QED) is 0.476. The van der Waals surface area contributed by atoms with Gasteiger partial charge in [0, 0.05) is 0 Å². The van der Waals surface area contributed by atoms with Crippen LogP contribution in [0.15, 0.2) is 0 Å². The Bertz CT molecular complexity index is 9.51. The van der Waals surface area contributed by atoms with Crippen LogP contribution in [0.4, 0.5) is 0 Å². The van der Waals surface area contributed by atoms with E-state index >= 15 is 0 Å². The molecule has 0 aliphatic carbocycles. The Balaban J connectivity index is 0. The van der Waals surface area contributed by atoms with Crippen molar-refractivity contribution in [1.82, 2.24) is 0 Å². The highest BCUT2D eigenvalue weighted by molar-refractivity contribution is 7.96. The number of nitrogens with two attached hydrogens (primary N) is 1. The third kappa shape index (κ3) is 491. The molecule has 0 fully saturated rings. The lowest BCUT2D eigenvalue weighted by Crippen LogP contribution is -1.64. The molecule has 0 unspecified atom stereocenters. The second kappa shape index (κ2) is 18.5. The minimum atomic E-state index is 1.25. The molecule has 0 aromatic heterocycles. The molecule has 2 heteroatoms. The summed E-state index contributed by atoms with van der Waals surface area (Å²) in [5.74, 6) is 0. The molecule has 0 saturated carbocycles. The van der Waals surface area contributed by atoms with Crippen molar-refractivity contribution in [3.8, 4) is 0 Å². The van der Waals surface area contributed by atoms with Crippen molar-refractivity contribution in [3.05, 3.63) is 0 Å². The van der Waals surface area contributed by atoms with E-state index in [1.54, 1.807) is 0 Å². The Morgan fingerprint density at radius 1 is 1.50 bits per heavy atom. The van der Waals surface area contributed by atoms with Gasteiger partial charge in [0.05, 0.1) is 0 Å². The monoisotopic (exact) mass is 107 g/mol. The van der Waals surface area contributed by atoms with Crippen LogP contribution in [0.25, 0.3) is 0 Å². The summed E-state index contributed by atoms with van der Waals surface area (Å²) in [7, 11) is 0. The molecule has 0 heterocycles. The highest BCUT2D eigenvalue weighted by atomic mass is 32.2. The fraction of sp³-hybridized carbons (Fsp3) is 1.00. The predicted octanol–water partition coefficient (Wildman–Crippen LogP) is 1.64. The summed E-state index contributed by atoms with van der Waals surface area (Å²) < 4.78 is 0. The van der Waals surface area contributed by atoms with Crippen molar-refractivity contribution in [3.63, 3.8) is 0 Å². The zero-order valence-electron chi connectivity index (χ0n) is 4.69. The van der Waals surface area contributed by atoms with Gasteiger partial charge in [-0.15, -0.1) is 0 Å². The number of rotatable bonds is 0. The summed E-state index contributed by atoms with van der Waals surface area (Å²) in [5.41, 5.74) is 0. The average molecular weight is 107 g/mol. The van der Waals surface area contributed by atoms with Gasteiger partial charge in [0.25, 0.3) is 0 Å². The van der Waals surface area contributed by atoms with Crippen LogP contribution in [-0.2, 0) is 0 Å². The van der Waals surface area contributed by atoms with Crippen LogP contribution in [0.3, 0.4) is 0 Å². The zero-order valence-corrected chi connectivity index (χ0v) is 5.51. The largest absolute Gasteiger partial charge is 0.278 e. The van der Waals surface area contributed by atoms with Gasteiger partial charge in [-0.05, 0) is 6.26 Å². The van der Waals surface area contributed by atoms with Crippen LogP contribution in [-0.4, -0.2) is 6.26 Å². The SMILES string of the molecule is CCC.CSN. The van der Waals surface area contributed by atoms with E-state index in [2.05, 4.69) is 13.8 Å². The molecule has 1 nitrogen and oxygen atoms in total. The lowest BCUT2D eigenvalue weighted by molar-refractivity contribution is 1.09. The van der Waals surface area contributed by atoms with Crippen molar-refractivity contribution >= 4 is 11.9 Å². The number of hydrogen-bond donors (Lipinski definition) is 1. The molecule has 0 bridgehead atoms. The van der Waals surface area contributed by atoms with Gasteiger partial charge in [-0.3, -0.25) is 5.14 Å². The Labute approximate surface area is 44.4 Å². The molecule has 0 saturated heterocycles. The van der Waals surface area contributed by atoms with E-state index in [-0.39, 0.29) is 0 Å². The van der Waals surface area contributed by atoms with E-state index in [1.807, 2.05) is 6.26 Å².